The largest absolute Gasteiger partial charge is 0.330 e. The molecule has 0 aromatic rings. The molecule has 0 amide bonds. The third-order valence-electron chi connectivity index (χ3n) is 3.05. The molecule has 1 fully saturated rings. The van der Waals surface area contributed by atoms with Crippen molar-refractivity contribution in [2.24, 2.45) is 17.1 Å². The third kappa shape index (κ3) is 3.65. The third-order valence-corrected chi connectivity index (χ3v) is 3.05. The second-order valence-electron chi connectivity index (χ2n) is 5.36. The van der Waals surface area contributed by atoms with E-state index in [1.807, 2.05) is 0 Å². The lowest BCUT2D eigenvalue weighted by atomic mass is 9.84. The number of nitrogens with two attached hydrogens (primary N) is 1. The van der Waals surface area contributed by atoms with Crippen molar-refractivity contribution in [3.05, 3.63) is 0 Å². The Hall–Kier alpha value is -0.0800. The maximum Gasteiger partial charge on any atom is 0.00418 e. The van der Waals surface area contributed by atoms with Crippen LogP contribution in [0.25, 0.3) is 0 Å². The second-order valence-corrected chi connectivity index (χ2v) is 5.36. The van der Waals surface area contributed by atoms with Crippen molar-refractivity contribution in [1.82, 2.24) is 4.90 Å². The molecule has 2 heteroatoms. The van der Waals surface area contributed by atoms with Gasteiger partial charge in [0.1, 0.15) is 0 Å². The van der Waals surface area contributed by atoms with E-state index in [0.29, 0.717) is 0 Å². The fourth-order valence-corrected chi connectivity index (χ4v) is 1.98. The van der Waals surface area contributed by atoms with Crippen molar-refractivity contribution in [2.45, 2.75) is 33.1 Å². The summed E-state index contributed by atoms with van der Waals surface area (Å²) in [4.78, 5) is 2.44. The smallest absolute Gasteiger partial charge is 0.00418 e. The average Bonchev–Trinajstić information content (AvgIpc) is 1.96. The molecule has 0 atom stereocenters. The van der Waals surface area contributed by atoms with Crippen LogP contribution in [0.1, 0.15) is 33.1 Å². The number of nitrogens with zero attached hydrogens (tertiary/aromatic N) is 1. The highest BCUT2D eigenvalue weighted by molar-refractivity contribution is 4.77. The summed E-state index contributed by atoms with van der Waals surface area (Å²) in [6.45, 7) is 7.65. The summed E-state index contributed by atoms with van der Waals surface area (Å²) in [7, 11) is 2.22. The van der Waals surface area contributed by atoms with Crippen LogP contribution in [0.15, 0.2) is 0 Å². The normalized spacial score (nSPS) is 19.2. The van der Waals surface area contributed by atoms with E-state index in [1.54, 1.807) is 0 Å². The van der Waals surface area contributed by atoms with Crippen molar-refractivity contribution < 1.29 is 0 Å². The first-order valence-electron chi connectivity index (χ1n) is 5.42. The summed E-state index contributed by atoms with van der Waals surface area (Å²) in [6.07, 6.45) is 4.32. The zero-order valence-electron chi connectivity index (χ0n) is 9.34. The molecule has 0 aliphatic heterocycles. The van der Waals surface area contributed by atoms with Crippen molar-refractivity contribution in [2.75, 3.05) is 26.7 Å². The van der Waals surface area contributed by atoms with Crippen LogP contribution in [0.3, 0.4) is 0 Å². The van der Waals surface area contributed by atoms with Gasteiger partial charge in [-0.1, -0.05) is 20.3 Å². The van der Waals surface area contributed by atoms with Gasteiger partial charge in [0, 0.05) is 13.1 Å². The molecule has 0 aromatic heterocycles. The highest BCUT2D eigenvalue weighted by Gasteiger charge is 2.22. The average molecular weight is 184 g/mol. The zero-order chi connectivity index (χ0) is 9.90. The monoisotopic (exact) mass is 184 g/mol. The van der Waals surface area contributed by atoms with Crippen molar-refractivity contribution in [3.63, 3.8) is 0 Å². The first-order chi connectivity index (χ1) is 6.03. The Kier molecular flexibility index (Phi) is 3.74. The minimum atomic E-state index is 0.276. The molecule has 1 aliphatic rings. The summed E-state index contributed by atoms with van der Waals surface area (Å²) >= 11 is 0. The van der Waals surface area contributed by atoms with Crippen LogP contribution in [-0.4, -0.2) is 31.6 Å². The molecular formula is C11H24N2. The summed E-state index contributed by atoms with van der Waals surface area (Å²) in [6, 6.07) is 0. The van der Waals surface area contributed by atoms with Crippen LogP contribution in [0.5, 0.6) is 0 Å². The highest BCUT2D eigenvalue weighted by atomic mass is 15.1. The molecule has 2 nitrogen and oxygen atoms in total. The van der Waals surface area contributed by atoms with Gasteiger partial charge >= 0.3 is 0 Å². The summed E-state index contributed by atoms with van der Waals surface area (Å²) in [5, 5.41) is 0. The summed E-state index contributed by atoms with van der Waals surface area (Å²) in [5.41, 5.74) is 5.98. The van der Waals surface area contributed by atoms with E-state index in [9.17, 15) is 0 Å². The van der Waals surface area contributed by atoms with Gasteiger partial charge in [0.05, 0.1) is 0 Å². The molecule has 0 spiro atoms. The lowest BCUT2D eigenvalue weighted by Gasteiger charge is -2.34. The Balaban J connectivity index is 2.19. The molecule has 0 radical (unpaired) electrons. The minimum absolute atomic E-state index is 0.276. The Morgan fingerprint density at radius 1 is 1.38 bits per heavy atom. The molecule has 1 saturated carbocycles. The molecule has 13 heavy (non-hydrogen) atoms. The first-order valence-corrected chi connectivity index (χ1v) is 5.42. The molecule has 0 saturated heterocycles. The van der Waals surface area contributed by atoms with E-state index in [1.165, 1.54) is 25.8 Å². The number of hydrogen-bond acceptors (Lipinski definition) is 2. The van der Waals surface area contributed by atoms with E-state index < -0.39 is 0 Å². The molecule has 0 aromatic carbocycles. The van der Waals surface area contributed by atoms with Gasteiger partial charge in [0.25, 0.3) is 0 Å². The molecule has 0 unspecified atom stereocenters. The van der Waals surface area contributed by atoms with Gasteiger partial charge in [-0.15, -0.1) is 0 Å². The van der Waals surface area contributed by atoms with E-state index in [4.69, 9.17) is 5.73 Å². The van der Waals surface area contributed by atoms with Crippen LogP contribution in [0.4, 0.5) is 0 Å². The van der Waals surface area contributed by atoms with Crippen molar-refractivity contribution in [3.8, 4) is 0 Å². The molecule has 0 heterocycles. The zero-order valence-corrected chi connectivity index (χ0v) is 9.34. The fourth-order valence-electron chi connectivity index (χ4n) is 1.98. The van der Waals surface area contributed by atoms with Gasteiger partial charge < -0.3 is 10.6 Å². The maximum atomic E-state index is 5.71. The Bertz CT molecular complexity index is 150. The predicted octanol–water partition coefficient (Wildman–Crippen LogP) is 1.70. The lowest BCUT2D eigenvalue weighted by molar-refractivity contribution is 0.157. The van der Waals surface area contributed by atoms with E-state index in [2.05, 4.69) is 25.8 Å². The second kappa shape index (κ2) is 4.43. The topological polar surface area (TPSA) is 29.3 Å². The number of rotatable bonds is 5. The van der Waals surface area contributed by atoms with Gasteiger partial charge in [0.15, 0.2) is 0 Å². The Morgan fingerprint density at radius 3 is 2.38 bits per heavy atom. The minimum Gasteiger partial charge on any atom is -0.330 e. The quantitative estimate of drug-likeness (QED) is 0.704. The standard InChI is InChI=1S/C11H24N2/c1-11(2,8-12)9-13(3)7-10-5-4-6-10/h10H,4-9,12H2,1-3H3. The summed E-state index contributed by atoms with van der Waals surface area (Å²) < 4.78 is 0. The predicted molar refractivity (Wildman–Crippen MR) is 57.7 cm³/mol. The molecule has 1 aliphatic carbocycles. The Morgan fingerprint density at radius 2 is 2.00 bits per heavy atom. The van der Waals surface area contributed by atoms with Crippen LogP contribution in [0.2, 0.25) is 0 Å². The molecule has 2 N–H and O–H groups in total. The molecule has 78 valence electrons. The highest BCUT2D eigenvalue weighted by Crippen LogP contribution is 2.27. The van der Waals surface area contributed by atoms with Crippen LogP contribution >= 0.6 is 0 Å². The van der Waals surface area contributed by atoms with Gasteiger partial charge in [-0.3, -0.25) is 0 Å². The SMILES string of the molecule is CN(CC1CCC1)CC(C)(C)CN. The van der Waals surface area contributed by atoms with Gasteiger partial charge in [-0.05, 0) is 37.8 Å². The Labute approximate surface area is 82.5 Å². The first kappa shape index (κ1) is 11.0. The maximum absolute atomic E-state index is 5.71. The number of hydrogen-bond donors (Lipinski definition) is 1. The van der Waals surface area contributed by atoms with E-state index >= 15 is 0 Å². The summed E-state index contributed by atoms with van der Waals surface area (Å²) in [5.74, 6) is 0.971. The van der Waals surface area contributed by atoms with E-state index in [0.717, 1.165) is 19.0 Å². The van der Waals surface area contributed by atoms with Crippen LogP contribution in [0, 0.1) is 11.3 Å². The lowest BCUT2D eigenvalue weighted by Crippen LogP contribution is -2.39. The van der Waals surface area contributed by atoms with E-state index in [-0.39, 0.29) is 5.41 Å². The van der Waals surface area contributed by atoms with Crippen LogP contribution in [-0.2, 0) is 0 Å². The van der Waals surface area contributed by atoms with Crippen LogP contribution < -0.4 is 5.73 Å². The van der Waals surface area contributed by atoms with Gasteiger partial charge in [-0.25, -0.2) is 0 Å². The molecular weight excluding hydrogens is 160 g/mol. The fraction of sp³-hybridized carbons (Fsp3) is 1.00. The van der Waals surface area contributed by atoms with Crippen molar-refractivity contribution >= 4 is 0 Å². The van der Waals surface area contributed by atoms with Crippen molar-refractivity contribution in [1.29, 1.82) is 0 Å². The van der Waals surface area contributed by atoms with Gasteiger partial charge in [0.2, 0.25) is 0 Å². The van der Waals surface area contributed by atoms with Gasteiger partial charge in [-0.2, -0.15) is 0 Å². The molecule has 1 rings (SSSR count). The molecule has 0 bridgehead atoms.